The van der Waals surface area contributed by atoms with Gasteiger partial charge in [-0.2, -0.15) is 0 Å². The molecule has 0 aromatic heterocycles. The molecule has 166 valence electrons. The number of amides is 1. The summed E-state index contributed by atoms with van der Waals surface area (Å²) < 4.78 is 52.6. The van der Waals surface area contributed by atoms with Crippen LogP contribution in [0.4, 0.5) is 10.1 Å². The summed E-state index contributed by atoms with van der Waals surface area (Å²) in [5.41, 5.74) is 0.165. The van der Waals surface area contributed by atoms with Crippen LogP contribution in [-0.2, 0) is 10.0 Å². The van der Waals surface area contributed by atoms with Crippen molar-refractivity contribution in [2.45, 2.75) is 11.0 Å². The Morgan fingerprint density at radius 2 is 1.69 bits per heavy atom. The molecule has 7 nitrogen and oxygen atoms in total. The van der Waals surface area contributed by atoms with E-state index in [2.05, 4.69) is 4.72 Å². The second-order valence-electron chi connectivity index (χ2n) is 7.29. The van der Waals surface area contributed by atoms with Gasteiger partial charge in [-0.1, -0.05) is 24.3 Å². The van der Waals surface area contributed by atoms with Crippen LogP contribution in [0, 0.1) is 5.82 Å². The molecule has 3 aromatic carbocycles. The van der Waals surface area contributed by atoms with Gasteiger partial charge in [-0.25, -0.2) is 12.8 Å². The summed E-state index contributed by atoms with van der Waals surface area (Å²) >= 11 is 0. The van der Waals surface area contributed by atoms with Gasteiger partial charge >= 0.3 is 0 Å². The van der Waals surface area contributed by atoms with Gasteiger partial charge in [-0.15, -0.1) is 0 Å². The Morgan fingerprint density at radius 1 is 1.03 bits per heavy atom. The number of fused-ring (bicyclic) bond motifs is 1. The minimum Gasteiger partial charge on any atom is -0.486 e. The monoisotopic (exact) mass is 456 g/mol. The van der Waals surface area contributed by atoms with E-state index in [0.717, 1.165) is 6.07 Å². The highest BCUT2D eigenvalue weighted by Crippen LogP contribution is 2.31. The highest BCUT2D eigenvalue weighted by atomic mass is 32.2. The number of benzene rings is 3. The van der Waals surface area contributed by atoms with E-state index < -0.39 is 15.8 Å². The van der Waals surface area contributed by atoms with Gasteiger partial charge in [0.25, 0.3) is 15.9 Å². The molecule has 4 rings (SSSR count). The molecular weight excluding hydrogens is 435 g/mol. The lowest BCUT2D eigenvalue weighted by Crippen LogP contribution is -2.41. The summed E-state index contributed by atoms with van der Waals surface area (Å²) in [6, 6.07) is 18.3. The molecule has 9 heteroatoms. The number of carbonyl (C=O) groups excluding carboxylic acids is 1. The number of nitrogens with zero attached hydrogens (tertiary/aromatic N) is 1. The van der Waals surface area contributed by atoms with Crippen molar-refractivity contribution in [1.82, 2.24) is 4.90 Å². The third kappa shape index (κ3) is 4.67. The fourth-order valence-corrected chi connectivity index (χ4v) is 4.35. The lowest BCUT2D eigenvalue weighted by atomic mass is 10.2. The molecule has 1 atom stereocenters. The average Bonchev–Trinajstić information content (AvgIpc) is 2.80. The van der Waals surface area contributed by atoms with E-state index in [1.807, 2.05) is 18.2 Å². The molecule has 0 saturated heterocycles. The zero-order chi connectivity index (χ0) is 22.7. The predicted octanol–water partition coefficient (Wildman–Crippen LogP) is 3.54. The number of rotatable bonds is 6. The maximum atomic E-state index is 13.8. The number of hydrogen-bond acceptors (Lipinski definition) is 5. The van der Waals surface area contributed by atoms with Crippen LogP contribution >= 0.6 is 0 Å². The fraction of sp³-hybridized carbons (Fsp3) is 0.174. The smallest absolute Gasteiger partial charge is 0.261 e. The van der Waals surface area contributed by atoms with Gasteiger partial charge < -0.3 is 14.4 Å². The number of anilines is 1. The predicted molar refractivity (Wildman–Crippen MR) is 117 cm³/mol. The number of para-hydroxylation sites is 3. The molecule has 1 amide bonds. The van der Waals surface area contributed by atoms with Crippen LogP contribution in [-0.4, -0.2) is 45.5 Å². The fourth-order valence-electron chi connectivity index (χ4n) is 3.29. The number of likely N-dealkylation sites (N-methyl/N-ethyl adjacent to an activating group) is 1. The minimum absolute atomic E-state index is 0.0828. The number of hydrogen-bond donors (Lipinski definition) is 1. The maximum absolute atomic E-state index is 13.8. The van der Waals surface area contributed by atoms with Gasteiger partial charge in [0.15, 0.2) is 17.6 Å². The van der Waals surface area contributed by atoms with E-state index in [1.54, 1.807) is 13.1 Å². The standard InChI is InChI=1S/C23H21FN2O5S/c1-26(14-17-15-30-21-8-4-5-9-22(21)31-17)23(27)16-10-12-18(13-11-16)32(28,29)25-20-7-3-2-6-19(20)24/h2-13,17,25H,14-15H2,1H3. The summed E-state index contributed by atoms with van der Waals surface area (Å²) in [7, 11) is -2.37. The summed E-state index contributed by atoms with van der Waals surface area (Å²) in [5, 5.41) is 0. The van der Waals surface area contributed by atoms with E-state index in [1.165, 1.54) is 47.4 Å². The van der Waals surface area contributed by atoms with Crippen LogP contribution in [0.5, 0.6) is 11.5 Å². The number of ether oxygens (including phenoxy) is 2. The average molecular weight is 456 g/mol. The van der Waals surface area contributed by atoms with Crippen molar-refractivity contribution in [3.63, 3.8) is 0 Å². The highest BCUT2D eigenvalue weighted by Gasteiger charge is 2.24. The van der Waals surface area contributed by atoms with Gasteiger partial charge in [-0.05, 0) is 48.5 Å². The second-order valence-corrected chi connectivity index (χ2v) is 8.98. The van der Waals surface area contributed by atoms with Crippen LogP contribution in [0.15, 0.2) is 77.7 Å². The first kappa shape index (κ1) is 21.6. The molecule has 0 saturated carbocycles. The molecule has 1 N–H and O–H groups in total. The van der Waals surface area contributed by atoms with Crippen molar-refractivity contribution in [1.29, 1.82) is 0 Å². The molecule has 32 heavy (non-hydrogen) atoms. The molecule has 0 bridgehead atoms. The third-order valence-corrected chi connectivity index (χ3v) is 6.30. The Labute approximate surface area is 185 Å². The summed E-state index contributed by atoms with van der Waals surface area (Å²) in [6.07, 6.45) is -0.330. The van der Waals surface area contributed by atoms with Crippen LogP contribution in [0.1, 0.15) is 10.4 Å². The zero-order valence-corrected chi connectivity index (χ0v) is 18.0. The number of nitrogens with one attached hydrogen (secondary N) is 1. The van der Waals surface area contributed by atoms with E-state index >= 15 is 0 Å². The molecule has 0 aliphatic carbocycles. The lowest BCUT2D eigenvalue weighted by Gasteiger charge is -2.29. The SMILES string of the molecule is CN(CC1COc2ccccc2O1)C(=O)c1ccc(S(=O)(=O)Nc2ccccc2F)cc1. The van der Waals surface area contributed by atoms with Gasteiger partial charge in [0.2, 0.25) is 0 Å². The van der Waals surface area contributed by atoms with Crippen molar-refractivity contribution in [3.05, 3.63) is 84.2 Å². The summed E-state index contributed by atoms with van der Waals surface area (Å²) in [4.78, 5) is 14.2. The Hall–Kier alpha value is -3.59. The second kappa shape index (κ2) is 8.88. The van der Waals surface area contributed by atoms with Crippen LogP contribution < -0.4 is 14.2 Å². The summed E-state index contributed by atoms with van der Waals surface area (Å²) in [5.74, 6) is 0.319. The minimum atomic E-state index is -4.00. The quantitative estimate of drug-likeness (QED) is 0.613. The van der Waals surface area contributed by atoms with Gasteiger partial charge in [-0.3, -0.25) is 9.52 Å². The maximum Gasteiger partial charge on any atom is 0.261 e. The van der Waals surface area contributed by atoms with Crippen molar-refractivity contribution in [2.24, 2.45) is 0 Å². The molecule has 1 unspecified atom stereocenters. The Balaban J connectivity index is 1.41. The van der Waals surface area contributed by atoms with Gasteiger partial charge in [0.1, 0.15) is 12.4 Å². The number of carbonyl (C=O) groups is 1. The first-order valence-corrected chi connectivity index (χ1v) is 11.3. The van der Waals surface area contributed by atoms with E-state index in [0.29, 0.717) is 30.2 Å². The number of sulfonamides is 1. The Morgan fingerprint density at radius 3 is 2.41 bits per heavy atom. The molecule has 0 radical (unpaired) electrons. The third-order valence-electron chi connectivity index (χ3n) is 4.92. The molecular formula is C23H21FN2O5S. The zero-order valence-electron chi connectivity index (χ0n) is 17.2. The topological polar surface area (TPSA) is 84.9 Å². The molecule has 0 spiro atoms. The van der Waals surface area contributed by atoms with E-state index in [9.17, 15) is 17.6 Å². The van der Waals surface area contributed by atoms with Gasteiger partial charge in [0, 0.05) is 12.6 Å². The van der Waals surface area contributed by atoms with Crippen LogP contribution in [0.2, 0.25) is 0 Å². The van der Waals surface area contributed by atoms with Crippen molar-refractivity contribution in [3.8, 4) is 11.5 Å². The largest absolute Gasteiger partial charge is 0.486 e. The van der Waals surface area contributed by atoms with Gasteiger partial charge in [0.05, 0.1) is 17.1 Å². The molecule has 1 heterocycles. The molecule has 3 aromatic rings. The van der Waals surface area contributed by atoms with Crippen molar-refractivity contribution < 1.29 is 27.1 Å². The lowest BCUT2D eigenvalue weighted by molar-refractivity contribution is 0.0521. The van der Waals surface area contributed by atoms with Crippen molar-refractivity contribution >= 4 is 21.6 Å². The Kier molecular flexibility index (Phi) is 6.00. The van der Waals surface area contributed by atoms with Crippen LogP contribution in [0.25, 0.3) is 0 Å². The highest BCUT2D eigenvalue weighted by molar-refractivity contribution is 7.92. The number of halogens is 1. The molecule has 1 aliphatic heterocycles. The Bertz CT molecular complexity index is 1230. The normalized spacial score (nSPS) is 15.1. The van der Waals surface area contributed by atoms with Crippen molar-refractivity contribution in [2.75, 3.05) is 24.9 Å². The first-order chi connectivity index (χ1) is 15.3. The molecule has 0 fully saturated rings. The first-order valence-electron chi connectivity index (χ1n) is 9.85. The molecule has 1 aliphatic rings. The van der Waals surface area contributed by atoms with Crippen LogP contribution in [0.3, 0.4) is 0 Å². The van der Waals surface area contributed by atoms with E-state index in [-0.39, 0.29) is 22.6 Å². The summed E-state index contributed by atoms with van der Waals surface area (Å²) in [6.45, 7) is 0.607. The van der Waals surface area contributed by atoms with E-state index in [4.69, 9.17) is 9.47 Å².